The minimum atomic E-state index is -2.67. The monoisotopic (exact) mass is 486 g/mol. The summed E-state index contributed by atoms with van der Waals surface area (Å²) in [5, 5.41) is 59.7. The van der Waals surface area contributed by atoms with Crippen LogP contribution < -0.4 is 9.47 Å². The highest BCUT2D eigenvalue weighted by atomic mass is 16.7. The Kier molecular flexibility index (Phi) is 6.43. The Morgan fingerprint density at radius 1 is 1.14 bits per heavy atom. The molecule has 5 atom stereocenters. The van der Waals surface area contributed by atoms with E-state index in [0.29, 0.717) is 42.5 Å². The van der Waals surface area contributed by atoms with E-state index in [-0.39, 0.29) is 5.75 Å². The van der Waals surface area contributed by atoms with Crippen molar-refractivity contribution in [2.45, 2.75) is 63.0 Å². The van der Waals surface area contributed by atoms with Crippen LogP contribution in [0.25, 0.3) is 10.9 Å². The zero-order valence-electron chi connectivity index (χ0n) is 19.3. The summed E-state index contributed by atoms with van der Waals surface area (Å²) in [4.78, 5) is 0. The van der Waals surface area contributed by atoms with Gasteiger partial charge in [-0.2, -0.15) is 5.10 Å². The number of rotatable bonds is 7. The fourth-order valence-corrected chi connectivity index (χ4v) is 4.74. The van der Waals surface area contributed by atoms with E-state index in [1.807, 2.05) is 25.1 Å². The van der Waals surface area contributed by atoms with Gasteiger partial charge in [-0.1, -0.05) is 19.1 Å². The molecule has 0 radical (unpaired) electrons. The first-order valence-corrected chi connectivity index (χ1v) is 11.8. The lowest BCUT2D eigenvalue weighted by atomic mass is 9.95. The van der Waals surface area contributed by atoms with Gasteiger partial charge in [0.2, 0.25) is 6.29 Å². The maximum atomic E-state index is 11.1. The highest BCUT2D eigenvalue weighted by molar-refractivity contribution is 5.88. The molecule has 0 saturated carbocycles. The van der Waals surface area contributed by atoms with Gasteiger partial charge in [-0.3, -0.25) is 5.10 Å². The molecule has 0 spiro atoms. The molecule has 3 heterocycles. The summed E-state index contributed by atoms with van der Waals surface area (Å²) in [7, 11) is 0. The average molecular weight is 487 g/mol. The van der Waals surface area contributed by atoms with Gasteiger partial charge >= 0.3 is 0 Å². The van der Waals surface area contributed by atoms with Gasteiger partial charge in [-0.05, 0) is 54.2 Å². The van der Waals surface area contributed by atoms with Crippen LogP contribution in [-0.2, 0) is 30.4 Å². The van der Waals surface area contributed by atoms with Crippen molar-refractivity contribution in [1.82, 2.24) is 10.2 Å². The predicted octanol–water partition coefficient (Wildman–Crippen LogP) is 0.344. The summed E-state index contributed by atoms with van der Waals surface area (Å²) in [6, 6.07) is 9.78. The summed E-state index contributed by atoms with van der Waals surface area (Å²) in [5.74, 6) is -1.56. The molecule has 1 fully saturated rings. The quantitative estimate of drug-likeness (QED) is 0.259. The third-order valence-electron chi connectivity index (χ3n) is 6.81. The van der Waals surface area contributed by atoms with Crippen LogP contribution in [0.2, 0.25) is 0 Å². The van der Waals surface area contributed by atoms with Gasteiger partial charge < -0.3 is 39.7 Å². The smallest absolute Gasteiger partial charge is 0.288 e. The molecule has 1 aromatic heterocycles. The summed E-state index contributed by atoms with van der Waals surface area (Å²) in [6.45, 7) is 2.00. The standard InChI is InChI=1S/C25H30N2O8/c1-2-13-10-17-21(16(26-27-17)5-3-14-4-6-18-15(9-14)7-8-33-18)19(11-13)35-25(32)23(30)22(29)20(12-28)34-24(25)31/h4,6,9-11,20,22-24,28-32H,2-3,5,7-8,12H2,1H3,(H,26,27)/t20-,22-,23+,24?,25+/m1/s1. The van der Waals surface area contributed by atoms with Crippen LogP contribution in [0.15, 0.2) is 30.3 Å². The molecule has 3 aromatic rings. The van der Waals surface area contributed by atoms with Crippen LogP contribution in [-0.4, -0.2) is 79.3 Å². The number of fused-ring (bicyclic) bond motifs is 2. The molecular formula is C25H30N2O8. The second-order valence-electron chi connectivity index (χ2n) is 9.08. The lowest BCUT2D eigenvalue weighted by molar-refractivity contribution is -0.385. The fraction of sp³-hybridized carbons (Fsp3) is 0.480. The van der Waals surface area contributed by atoms with Gasteiger partial charge in [0, 0.05) is 6.42 Å². The molecule has 10 nitrogen and oxygen atoms in total. The maximum Gasteiger partial charge on any atom is 0.288 e. The third kappa shape index (κ3) is 4.26. The molecule has 0 amide bonds. The van der Waals surface area contributed by atoms with E-state index >= 15 is 0 Å². The lowest BCUT2D eigenvalue weighted by Gasteiger charge is -2.45. The van der Waals surface area contributed by atoms with Crippen LogP contribution >= 0.6 is 0 Å². The Bertz CT molecular complexity index is 1210. The molecule has 2 aliphatic heterocycles. The zero-order valence-corrected chi connectivity index (χ0v) is 19.3. The number of nitrogens with zero attached hydrogens (tertiary/aromatic N) is 1. The normalized spacial score (nSPS) is 28.2. The van der Waals surface area contributed by atoms with E-state index in [1.54, 1.807) is 6.07 Å². The number of hydrogen-bond acceptors (Lipinski definition) is 9. The second-order valence-corrected chi connectivity index (χ2v) is 9.08. The van der Waals surface area contributed by atoms with Crippen molar-refractivity contribution in [3.63, 3.8) is 0 Å². The van der Waals surface area contributed by atoms with E-state index in [1.165, 1.54) is 5.56 Å². The molecule has 1 unspecified atom stereocenters. The van der Waals surface area contributed by atoms with Crippen molar-refractivity contribution in [2.75, 3.05) is 13.2 Å². The fourth-order valence-electron chi connectivity index (χ4n) is 4.74. The highest BCUT2D eigenvalue weighted by Gasteiger charge is 2.57. The van der Waals surface area contributed by atoms with Crippen molar-refractivity contribution in [1.29, 1.82) is 0 Å². The van der Waals surface area contributed by atoms with Crippen molar-refractivity contribution in [3.8, 4) is 11.5 Å². The Morgan fingerprint density at radius 3 is 2.74 bits per heavy atom. The molecule has 6 N–H and O–H groups in total. The van der Waals surface area contributed by atoms with E-state index in [4.69, 9.17) is 14.2 Å². The molecular weight excluding hydrogens is 456 g/mol. The number of aryl methyl sites for hydroxylation is 3. The van der Waals surface area contributed by atoms with E-state index in [0.717, 1.165) is 23.3 Å². The molecule has 0 bridgehead atoms. The Hall–Kier alpha value is -2.73. The second kappa shape index (κ2) is 9.38. The number of aliphatic hydroxyl groups excluding tert-OH is 4. The summed E-state index contributed by atoms with van der Waals surface area (Å²) in [6.07, 6.45) is -4.07. The SMILES string of the molecule is CCc1cc(O[C@]2(O)C(O)O[C@H](CO)[C@@H](O)[C@@H]2O)c2c(CCc3ccc4c(c3)CCO4)n[nH]c2c1. The summed E-state index contributed by atoms with van der Waals surface area (Å²) >= 11 is 0. The first kappa shape index (κ1) is 24.0. The number of aliphatic hydroxyl groups is 5. The molecule has 2 aromatic carbocycles. The minimum absolute atomic E-state index is 0.185. The first-order valence-electron chi connectivity index (χ1n) is 11.8. The van der Waals surface area contributed by atoms with E-state index in [9.17, 15) is 25.5 Å². The minimum Gasteiger partial charge on any atom is -0.493 e. The number of H-pyrrole nitrogens is 1. The largest absolute Gasteiger partial charge is 0.493 e. The topological polar surface area (TPSA) is 158 Å². The van der Waals surface area contributed by atoms with Crippen LogP contribution in [0, 0.1) is 0 Å². The average Bonchev–Trinajstić information content (AvgIpc) is 3.50. The molecule has 35 heavy (non-hydrogen) atoms. The van der Waals surface area contributed by atoms with Gasteiger partial charge in [0.25, 0.3) is 5.79 Å². The molecule has 2 aliphatic rings. The lowest BCUT2D eigenvalue weighted by Crippen LogP contribution is -2.69. The number of aromatic nitrogens is 2. The third-order valence-corrected chi connectivity index (χ3v) is 6.81. The van der Waals surface area contributed by atoms with E-state index < -0.39 is 37.0 Å². The van der Waals surface area contributed by atoms with Gasteiger partial charge in [-0.15, -0.1) is 0 Å². The van der Waals surface area contributed by atoms with Crippen LogP contribution in [0.3, 0.4) is 0 Å². The van der Waals surface area contributed by atoms with Gasteiger partial charge in [-0.25, -0.2) is 0 Å². The van der Waals surface area contributed by atoms with Crippen molar-refractivity contribution < 1.29 is 39.7 Å². The van der Waals surface area contributed by atoms with Crippen LogP contribution in [0.5, 0.6) is 11.5 Å². The Balaban J connectivity index is 1.46. The maximum absolute atomic E-state index is 11.1. The Morgan fingerprint density at radius 2 is 1.97 bits per heavy atom. The number of hydrogen-bond donors (Lipinski definition) is 6. The number of nitrogens with one attached hydrogen (secondary N) is 1. The zero-order chi connectivity index (χ0) is 24.7. The molecule has 5 rings (SSSR count). The Labute approximate surface area is 201 Å². The molecule has 10 heteroatoms. The number of benzene rings is 2. The highest BCUT2D eigenvalue weighted by Crippen LogP contribution is 2.37. The van der Waals surface area contributed by atoms with Gasteiger partial charge in [0.05, 0.1) is 29.8 Å². The van der Waals surface area contributed by atoms with Crippen LogP contribution in [0.4, 0.5) is 0 Å². The number of ether oxygens (including phenoxy) is 3. The van der Waals surface area contributed by atoms with Crippen molar-refractivity contribution in [2.24, 2.45) is 0 Å². The first-order chi connectivity index (χ1) is 16.8. The van der Waals surface area contributed by atoms with Gasteiger partial charge in [0.1, 0.15) is 23.7 Å². The van der Waals surface area contributed by atoms with Crippen molar-refractivity contribution in [3.05, 3.63) is 52.7 Å². The molecule has 188 valence electrons. The summed E-state index contributed by atoms with van der Waals surface area (Å²) < 4.78 is 16.5. The van der Waals surface area contributed by atoms with E-state index in [2.05, 4.69) is 16.3 Å². The number of aromatic amines is 1. The van der Waals surface area contributed by atoms with Crippen LogP contribution in [0.1, 0.15) is 29.3 Å². The predicted molar refractivity (Wildman–Crippen MR) is 124 cm³/mol. The molecule has 0 aliphatic carbocycles. The van der Waals surface area contributed by atoms with Gasteiger partial charge in [0.15, 0.2) is 6.10 Å². The van der Waals surface area contributed by atoms with Crippen molar-refractivity contribution >= 4 is 10.9 Å². The molecule has 1 saturated heterocycles. The summed E-state index contributed by atoms with van der Waals surface area (Å²) in [5.41, 5.74) is 4.57.